The van der Waals surface area contributed by atoms with Crippen LogP contribution in [0.4, 0.5) is 0 Å². The quantitative estimate of drug-likeness (QED) is 0.257. The molecule has 0 N–H and O–H groups in total. The predicted octanol–water partition coefficient (Wildman–Crippen LogP) is 4.28. The zero-order chi connectivity index (χ0) is 24.3. The minimum atomic E-state index is 0.367. The lowest BCUT2D eigenvalue weighted by molar-refractivity contribution is 0.112. The molecule has 0 amide bonds. The van der Waals surface area contributed by atoms with Gasteiger partial charge in [0.05, 0.1) is 24.8 Å². The Bertz CT molecular complexity index is 1220. The van der Waals surface area contributed by atoms with E-state index in [9.17, 15) is 5.26 Å². The summed E-state index contributed by atoms with van der Waals surface area (Å²) in [5.41, 5.74) is 4.47. The lowest BCUT2D eigenvalue weighted by Crippen LogP contribution is -2.07. The Balaban J connectivity index is 1.44. The van der Waals surface area contributed by atoms with E-state index in [1.807, 2.05) is 36.4 Å². The summed E-state index contributed by atoms with van der Waals surface area (Å²) < 4.78 is 15.5. The minimum absolute atomic E-state index is 0.367. The molecule has 10 heteroatoms. The molecule has 0 saturated heterocycles. The number of aryl methyl sites for hydroxylation is 2. The fourth-order valence-electron chi connectivity index (χ4n) is 3.71. The molecule has 2 aromatic carbocycles. The van der Waals surface area contributed by atoms with Gasteiger partial charge in [-0.1, -0.05) is 29.8 Å². The zero-order valence-electron chi connectivity index (χ0n) is 19.3. The number of nitriles is 1. The monoisotopic (exact) mass is 491 g/mol. The highest BCUT2D eigenvalue weighted by Gasteiger charge is 2.15. The van der Waals surface area contributed by atoms with Gasteiger partial charge in [0, 0.05) is 36.9 Å². The molecule has 0 bridgehead atoms. The van der Waals surface area contributed by atoms with Crippen LogP contribution in [-0.2, 0) is 35.8 Å². The highest BCUT2D eigenvalue weighted by atomic mass is 35.5. The summed E-state index contributed by atoms with van der Waals surface area (Å²) in [5, 5.41) is 18.0. The number of hydrogen-bond donors (Lipinski definition) is 0. The molecule has 0 unspecified atom stereocenters. The zero-order valence-corrected chi connectivity index (χ0v) is 20.0. The number of halogens is 1. The maximum absolute atomic E-state index is 9.19. The Morgan fingerprint density at radius 3 is 2.03 bits per heavy atom. The average molecular weight is 492 g/mol. The van der Waals surface area contributed by atoms with Gasteiger partial charge in [0.1, 0.15) is 25.3 Å². The Morgan fingerprint density at radius 1 is 0.829 bits per heavy atom. The molecule has 0 aliphatic rings. The number of aromatic nitrogens is 6. The van der Waals surface area contributed by atoms with Crippen LogP contribution in [-0.4, -0.2) is 42.7 Å². The lowest BCUT2D eigenvalue weighted by Gasteiger charge is -2.18. The van der Waals surface area contributed by atoms with Gasteiger partial charge in [-0.25, -0.2) is 9.97 Å². The standard InChI is InChI=1S/C25H26ClN7O2/c26-24-8-7-22(14-34-11-1-9-32-18-28-16-30-32)25(21-5-3-20(13-27)4-6-21)23(24)15-35-12-2-10-33-19-29-17-31-33/h3-8,16-19H,1-2,9-12,14-15H2. The van der Waals surface area contributed by atoms with Crippen molar-refractivity contribution < 1.29 is 9.47 Å². The fourth-order valence-corrected chi connectivity index (χ4v) is 3.93. The van der Waals surface area contributed by atoms with Crippen molar-refractivity contribution in [3.8, 4) is 17.2 Å². The smallest absolute Gasteiger partial charge is 0.137 e. The van der Waals surface area contributed by atoms with Crippen molar-refractivity contribution in [2.45, 2.75) is 39.1 Å². The molecule has 0 saturated carbocycles. The van der Waals surface area contributed by atoms with Gasteiger partial charge < -0.3 is 9.47 Å². The summed E-state index contributed by atoms with van der Waals surface area (Å²) in [6.07, 6.45) is 8.06. The Kier molecular flexibility index (Phi) is 8.95. The number of nitrogens with zero attached hydrogens (tertiary/aromatic N) is 7. The van der Waals surface area contributed by atoms with E-state index in [-0.39, 0.29) is 0 Å². The number of hydrogen-bond acceptors (Lipinski definition) is 7. The average Bonchev–Trinajstić information content (AvgIpc) is 3.60. The third-order valence-electron chi connectivity index (χ3n) is 5.43. The van der Waals surface area contributed by atoms with E-state index in [4.69, 9.17) is 21.1 Å². The highest BCUT2D eigenvalue weighted by molar-refractivity contribution is 6.31. The Labute approximate surface area is 208 Å². The summed E-state index contributed by atoms with van der Waals surface area (Å²) in [7, 11) is 0. The van der Waals surface area contributed by atoms with Crippen LogP contribution in [0.25, 0.3) is 11.1 Å². The molecule has 4 aromatic rings. The van der Waals surface area contributed by atoms with E-state index in [0.29, 0.717) is 37.0 Å². The van der Waals surface area contributed by atoms with Gasteiger partial charge in [0.15, 0.2) is 0 Å². The number of benzene rings is 2. The van der Waals surface area contributed by atoms with Crippen molar-refractivity contribution in [3.63, 3.8) is 0 Å². The summed E-state index contributed by atoms with van der Waals surface area (Å²) >= 11 is 6.63. The van der Waals surface area contributed by atoms with Crippen molar-refractivity contribution >= 4 is 11.6 Å². The van der Waals surface area contributed by atoms with E-state index in [0.717, 1.165) is 48.2 Å². The van der Waals surface area contributed by atoms with Gasteiger partial charge >= 0.3 is 0 Å². The summed E-state index contributed by atoms with van der Waals surface area (Å²) in [6, 6.07) is 13.5. The Hall–Kier alpha value is -3.58. The lowest BCUT2D eigenvalue weighted by atomic mass is 9.94. The minimum Gasteiger partial charge on any atom is -0.377 e. The molecule has 0 fully saturated rings. The SMILES string of the molecule is N#Cc1ccc(-c2c(COCCCn3cncn3)ccc(Cl)c2COCCCn2cncn2)cc1. The molecule has 180 valence electrons. The molecule has 0 radical (unpaired) electrons. The van der Waals surface area contributed by atoms with Crippen LogP contribution in [0.15, 0.2) is 61.7 Å². The maximum atomic E-state index is 9.19. The van der Waals surface area contributed by atoms with E-state index >= 15 is 0 Å². The summed E-state index contributed by atoms with van der Waals surface area (Å²) in [5.74, 6) is 0. The van der Waals surface area contributed by atoms with Crippen molar-refractivity contribution in [1.29, 1.82) is 5.26 Å². The van der Waals surface area contributed by atoms with Crippen LogP contribution in [0, 0.1) is 11.3 Å². The fraction of sp³-hybridized carbons (Fsp3) is 0.320. The third kappa shape index (κ3) is 6.96. The largest absolute Gasteiger partial charge is 0.377 e. The van der Waals surface area contributed by atoms with Crippen molar-refractivity contribution in [2.75, 3.05) is 13.2 Å². The van der Waals surface area contributed by atoms with Crippen molar-refractivity contribution in [2.24, 2.45) is 0 Å². The summed E-state index contributed by atoms with van der Waals surface area (Å²) in [6.45, 7) is 3.43. The van der Waals surface area contributed by atoms with Crippen LogP contribution in [0.1, 0.15) is 29.5 Å². The van der Waals surface area contributed by atoms with Gasteiger partial charge in [0.2, 0.25) is 0 Å². The molecule has 9 nitrogen and oxygen atoms in total. The van der Waals surface area contributed by atoms with Crippen LogP contribution in [0.2, 0.25) is 5.02 Å². The van der Waals surface area contributed by atoms with Crippen LogP contribution in [0.3, 0.4) is 0 Å². The van der Waals surface area contributed by atoms with Crippen LogP contribution < -0.4 is 0 Å². The second kappa shape index (κ2) is 12.8. The third-order valence-corrected chi connectivity index (χ3v) is 5.79. The first kappa shape index (κ1) is 24.5. The molecule has 2 heterocycles. The second-order valence-electron chi connectivity index (χ2n) is 7.88. The number of rotatable bonds is 13. The highest BCUT2D eigenvalue weighted by Crippen LogP contribution is 2.34. The number of ether oxygens (including phenoxy) is 2. The molecule has 35 heavy (non-hydrogen) atoms. The first-order chi connectivity index (χ1) is 17.2. The first-order valence-electron chi connectivity index (χ1n) is 11.4. The van der Waals surface area contributed by atoms with Gasteiger partial charge in [-0.3, -0.25) is 9.36 Å². The molecule has 0 aliphatic carbocycles. The van der Waals surface area contributed by atoms with E-state index in [1.165, 1.54) is 12.7 Å². The van der Waals surface area contributed by atoms with Gasteiger partial charge in [-0.05, 0) is 47.7 Å². The second-order valence-corrected chi connectivity index (χ2v) is 8.29. The van der Waals surface area contributed by atoms with Gasteiger partial charge in [-0.15, -0.1) is 0 Å². The first-order valence-corrected chi connectivity index (χ1v) is 11.7. The molecular weight excluding hydrogens is 466 g/mol. The predicted molar refractivity (Wildman–Crippen MR) is 130 cm³/mol. The van der Waals surface area contributed by atoms with Crippen LogP contribution >= 0.6 is 11.6 Å². The van der Waals surface area contributed by atoms with Crippen molar-refractivity contribution in [1.82, 2.24) is 29.5 Å². The maximum Gasteiger partial charge on any atom is 0.137 e. The van der Waals surface area contributed by atoms with E-state index in [1.54, 1.807) is 22.0 Å². The van der Waals surface area contributed by atoms with Crippen LogP contribution in [0.5, 0.6) is 0 Å². The molecule has 0 spiro atoms. The van der Waals surface area contributed by atoms with E-state index in [2.05, 4.69) is 26.2 Å². The van der Waals surface area contributed by atoms with Gasteiger partial charge in [0.25, 0.3) is 0 Å². The normalized spacial score (nSPS) is 11.0. The molecule has 4 rings (SSSR count). The van der Waals surface area contributed by atoms with Crippen molar-refractivity contribution in [3.05, 3.63) is 83.4 Å². The van der Waals surface area contributed by atoms with E-state index < -0.39 is 0 Å². The summed E-state index contributed by atoms with van der Waals surface area (Å²) in [4.78, 5) is 7.90. The van der Waals surface area contributed by atoms with Gasteiger partial charge in [-0.2, -0.15) is 15.5 Å². The molecule has 2 aromatic heterocycles. The Morgan fingerprint density at radius 2 is 1.46 bits per heavy atom. The molecule has 0 atom stereocenters. The molecular formula is C25H26ClN7O2. The molecule has 0 aliphatic heterocycles. The topological polar surface area (TPSA) is 104 Å².